The number of aliphatic hydroxyl groups is 1. The van der Waals surface area contributed by atoms with Crippen molar-refractivity contribution in [2.24, 2.45) is 11.7 Å². The molecule has 0 radical (unpaired) electrons. The first kappa shape index (κ1) is 15.3. The van der Waals surface area contributed by atoms with Gasteiger partial charge in [0.25, 0.3) is 0 Å². The molecule has 2 fully saturated rings. The van der Waals surface area contributed by atoms with Crippen molar-refractivity contribution in [2.75, 3.05) is 18.0 Å². The molecule has 0 bridgehead atoms. The maximum absolute atomic E-state index is 10.8. The summed E-state index contributed by atoms with van der Waals surface area (Å²) in [5, 5.41) is 10.8. The molecule has 1 aromatic rings. The summed E-state index contributed by atoms with van der Waals surface area (Å²) in [5.74, 6) is 0.417. The number of rotatable bonds is 2. The molecule has 116 valence electrons. The van der Waals surface area contributed by atoms with Gasteiger partial charge in [-0.25, -0.2) is 0 Å². The van der Waals surface area contributed by atoms with Crippen molar-refractivity contribution in [3.05, 3.63) is 28.2 Å². The van der Waals surface area contributed by atoms with Crippen molar-refractivity contribution in [1.82, 2.24) is 0 Å². The molecule has 2 aliphatic rings. The molecule has 3 nitrogen and oxygen atoms in total. The van der Waals surface area contributed by atoms with Gasteiger partial charge in [0.1, 0.15) is 0 Å². The molecule has 3 atom stereocenters. The summed E-state index contributed by atoms with van der Waals surface area (Å²) in [6.45, 7) is 3.90. The second-order valence-corrected chi connectivity index (χ2v) is 7.60. The van der Waals surface area contributed by atoms with Crippen LogP contribution in [-0.4, -0.2) is 23.8 Å². The van der Waals surface area contributed by atoms with E-state index in [0.717, 1.165) is 42.4 Å². The fourth-order valence-electron chi connectivity index (χ4n) is 3.85. The van der Waals surface area contributed by atoms with Crippen molar-refractivity contribution in [1.29, 1.82) is 0 Å². The topological polar surface area (TPSA) is 49.5 Å². The van der Waals surface area contributed by atoms with E-state index in [1.807, 2.05) is 6.92 Å². The summed E-state index contributed by atoms with van der Waals surface area (Å²) >= 11 is 3.69. The SMILES string of the molecule is CC(N)c1ccc(N2CCC3(O)CCCCC3C2)c(Br)c1. The molecule has 1 saturated carbocycles. The lowest BCUT2D eigenvalue weighted by molar-refractivity contribution is -0.0612. The molecular weight excluding hydrogens is 328 g/mol. The van der Waals surface area contributed by atoms with E-state index >= 15 is 0 Å². The number of nitrogens with zero attached hydrogens (tertiary/aromatic N) is 1. The fraction of sp³-hybridized carbons (Fsp3) is 0.647. The van der Waals surface area contributed by atoms with Gasteiger partial charge in [-0.05, 0) is 59.8 Å². The molecule has 3 rings (SSSR count). The highest BCUT2D eigenvalue weighted by Crippen LogP contribution is 2.42. The number of benzene rings is 1. The van der Waals surface area contributed by atoms with Crippen LogP contribution in [-0.2, 0) is 0 Å². The first-order valence-corrected chi connectivity index (χ1v) is 8.81. The van der Waals surface area contributed by atoms with Gasteiger partial charge in [-0.1, -0.05) is 18.9 Å². The van der Waals surface area contributed by atoms with Crippen molar-refractivity contribution >= 4 is 21.6 Å². The minimum atomic E-state index is -0.410. The normalized spacial score (nSPS) is 30.9. The fourth-order valence-corrected chi connectivity index (χ4v) is 4.50. The zero-order chi connectivity index (χ0) is 15.0. The van der Waals surface area contributed by atoms with E-state index in [1.165, 1.54) is 18.5 Å². The summed E-state index contributed by atoms with van der Waals surface area (Å²) in [5.41, 5.74) is 7.92. The summed E-state index contributed by atoms with van der Waals surface area (Å²) in [4.78, 5) is 2.42. The summed E-state index contributed by atoms with van der Waals surface area (Å²) < 4.78 is 1.11. The van der Waals surface area contributed by atoms with Crippen molar-refractivity contribution < 1.29 is 5.11 Å². The molecule has 3 N–H and O–H groups in total. The molecule has 1 saturated heterocycles. The van der Waals surface area contributed by atoms with E-state index < -0.39 is 5.60 Å². The minimum Gasteiger partial charge on any atom is -0.389 e. The first-order chi connectivity index (χ1) is 9.99. The van der Waals surface area contributed by atoms with Gasteiger partial charge in [-0.2, -0.15) is 0 Å². The maximum Gasteiger partial charge on any atom is 0.0709 e. The zero-order valence-corrected chi connectivity index (χ0v) is 14.3. The van der Waals surface area contributed by atoms with Crippen LogP contribution < -0.4 is 10.6 Å². The van der Waals surface area contributed by atoms with E-state index in [9.17, 15) is 5.11 Å². The van der Waals surface area contributed by atoms with Crippen molar-refractivity contribution in [2.45, 2.75) is 50.7 Å². The van der Waals surface area contributed by atoms with E-state index in [0.29, 0.717) is 5.92 Å². The average molecular weight is 353 g/mol. The van der Waals surface area contributed by atoms with E-state index in [2.05, 4.69) is 39.0 Å². The molecule has 1 aliphatic heterocycles. The average Bonchev–Trinajstić information content (AvgIpc) is 2.46. The Morgan fingerprint density at radius 1 is 1.38 bits per heavy atom. The zero-order valence-electron chi connectivity index (χ0n) is 12.7. The Balaban J connectivity index is 1.79. The van der Waals surface area contributed by atoms with Crippen LogP contribution in [0.15, 0.2) is 22.7 Å². The Kier molecular flexibility index (Phi) is 4.30. The van der Waals surface area contributed by atoms with Crippen LogP contribution in [0.2, 0.25) is 0 Å². The van der Waals surface area contributed by atoms with Crippen LogP contribution in [0.5, 0.6) is 0 Å². The van der Waals surface area contributed by atoms with Crippen molar-refractivity contribution in [3.63, 3.8) is 0 Å². The summed E-state index contributed by atoms with van der Waals surface area (Å²) in [6, 6.07) is 6.46. The highest BCUT2D eigenvalue weighted by atomic mass is 79.9. The lowest BCUT2D eigenvalue weighted by atomic mass is 9.71. The molecule has 0 spiro atoms. The Morgan fingerprint density at radius 2 is 2.19 bits per heavy atom. The highest BCUT2D eigenvalue weighted by molar-refractivity contribution is 9.10. The summed E-state index contributed by atoms with van der Waals surface area (Å²) in [7, 11) is 0. The molecule has 1 aromatic carbocycles. The van der Waals surface area contributed by atoms with Crippen LogP contribution >= 0.6 is 15.9 Å². The minimum absolute atomic E-state index is 0.0557. The predicted octanol–water partition coefficient (Wildman–Crippen LogP) is 3.60. The van der Waals surface area contributed by atoms with Gasteiger partial charge in [0.15, 0.2) is 0 Å². The molecule has 0 aromatic heterocycles. The number of hydrogen-bond acceptors (Lipinski definition) is 3. The number of piperidine rings is 1. The highest BCUT2D eigenvalue weighted by Gasteiger charge is 2.42. The third-order valence-electron chi connectivity index (χ3n) is 5.27. The number of anilines is 1. The number of fused-ring (bicyclic) bond motifs is 1. The number of hydrogen-bond donors (Lipinski definition) is 2. The third-order valence-corrected chi connectivity index (χ3v) is 5.90. The smallest absolute Gasteiger partial charge is 0.0709 e. The second kappa shape index (κ2) is 5.90. The predicted molar refractivity (Wildman–Crippen MR) is 90.5 cm³/mol. The Bertz CT molecular complexity index is 520. The van der Waals surface area contributed by atoms with Gasteiger partial charge in [0.2, 0.25) is 0 Å². The molecule has 3 unspecified atom stereocenters. The number of halogens is 1. The van der Waals surface area contributed by atoms with E-state index in [4.69, 9.17) is 5.73 Å². The third kappa shape index (κ3) is 2.99. The van der Waals surface area contributed by atoms with Crippen LogP contribution in [0.25, 0.3) is 0 Å². The monoisotopic (exact) mass is 352 g/mol. The molecule has 1 aliphatic carbocycles. The molecule has 1 heterocycles. The van der Waals surface area contributed by atoms with Crippen LogP contribution in [0.4, 0.5) is 5.69 Å². The van der Waals surface area contributed by atoms with E-state index in [1.54, 1.807) is 0 Å². The van der Waals surface area contributed by atoms with Gasteiger partial charge in [0, 0.05) is 29.5 Å². The second-order valence-electron chi connectivity index (χ2n) is 6.74. The van der Waals surface area contributed by atoms with Gasteiger partial charge in [0.05, 0.1) is 11.3 Å². The van der Waals surface area contributed by atoms with Crippen LogP contribution in [0.3, 0.4) is 0 Å². The molecule has 21 heavy (non-hydrogen) atoms. The van der Waals surface area contributed by atoms with Gasteiger partial charge in [-0.3, -0.25) is 0 Å². The molecule has 4 heteroatoms. The lowest BCUT2D eigenvalue weighted by Crippen LogP contribution is -2.53. The quantitative estimate of drug-likeness (QED) is 0.854. The molecular formula is C17H25BrN2O. The lowest BCUT2D eigenvalue weighted by Gasteiger charge is -2.48. The molecule has 0 amide bonds. The Morgan fingerprint density at radius 3 is 2.90 bits per heavy atom. The summed E-state index contributed by atoms with van der Waals surface area (Å²) in [6.07, 6.45) is 5.46. The van der Waals surface area contributed by atoms with Crippen LogP contribution in [0.1, 0.15) is 50.6 Å². The van der Waals surface area contributed by atoms with Gasteiger partial charge in [-0.15, -0.1) is 0 Å². The van der Waals surface area contributed by atoms with Gasteiger partial charge >= 0.3 is 0 Å². The Labute approximate surface area is 135 Å². The Hall–Kier alpha value is -0.580. The first-order valence-electron chi connectivity index (χ1n) is 8.02. The van der Waals surface area contributed by atoms with Crippen LogP contribution in [0, 0.1) is 5.92 Å². The van der Waals surface area contributed by atoms with Crippen molar-refractivity contribution in [3.8, 4) is 0 Å². The standard InChI is InChI=1S/C17H25BrN2O/c1-12(19)13-5-6-16(15(18)10-13)20-9-8-17(21)7-3-2-4-14(17)11-20/h5-6,10,12,14,21H,2-4,7-9,11,19H2,1H3. The number of nitrogens with two attached hydrogens (primary N) is 1. The maximum atomic E-state index is 10.8. The van der Waals surface area contributed by atoms with E-state index in [-0.39, 0.29) is 6.04 Å². The van der Waals surface area contributed by atoms with Gasteiger partial charge < -0.3 is 15.7 Å². The largest absolute Gasteiger partial charge is 0.389 e.